The normalized spacial score (nSPS) is 21.9. The minimum absolute atomic E-state index is 0.00202. The van der Waals surface area contributed by atoms with Crippen LogP contribution in [0.1, 0.15) is 26.7 Å². The van der Waals surface area contributed by atoms with Crippen molar-refractivity contribution in [3.8, 4) is 0 Å². The van der Waals surface area contributed by atoms with Crippen LogP contribution in [0.2, 0.25) is 0 Å². The van der Waals surface area contributed by atoms with Gasteiger partial charge in [0.15, 0.2) is 0 Å². The largest absolute Gasteiger partial charge is 0.390 e. The summed E-state index contributed by atoms with van der Waals surface area (Å²) in [5, 5.41) is 12.0. The van der Waals surface area contributed by atoms with Crippen molar-refractivity contribution in [1.82, 2.24) is 9.62 Å². The van der Waals surface area contributed by atoms with E-state index in [9.17, 15) is 13.5 Å². The zero-order valence-corrected chi connectivity index (χ0v) is 17.9. The van der Waals surface area contributed by atoms with Gasteiger partial charge in [-0.05, 0) is 38.8 Å². The van der Waals surface area contributed by atoms with Crippen LogP contribution < -0.4 is 9.62 Å². The average Bonchev–Trinajstić information content (AvgIpc) is 2.97. The molecule has 0 amide bonds. The van der Waals surface area contributed by atoms with Gasteiger partial charge in [-0.3, -0.25) is 4.90 Å². The number of anilines is 1. The third-order valence-electron chi connectivity index (χ3n) is 5.70. The number of likely N-dealkylation sites (tertiary alicyclic amines) is 1. The van der Waals surface area contributed by atoms with Crippen molar-refractivity contribution < 1.29 is 13.5 Å². The van der Waals surface area contributed by atoms with Gasteiger partial charge in [0.25, 0.3) is 0 Å². The number of fused-ring (bicyclic) bond motifs is 1. The highest BCUT2D eigenvalue weighted by Gasteiger charge is 2.29. The van der Waals surface area contributed by atoms with Gasteiger partial charge in [-0.1, -0.05) is 24.3 Å². The van der Waals surface area contributed by atoms with Gasteiger partial charge in [0.1, 0.15) is 0 Å². The summed E-state index contributed by atoms with van der Waals surface area (Å²) in [4.78, 5) is 4.46. The zero-order chi connectivity index (χ0) is 20.5. The first-order valence-corrected chi connectivity index (χ1v) is 11.3. The van der Waals surface area contributed by atoms with Crippen LogP contribution in [0.3, 0.4) is 0 Å². The molecule has 1 aliphatic rings. The van der Waals surface area contributed by atoms with Crippen LogP contribution in [0.4, 0.5) is 5.69 Å². The van der Waals surface area contributed by atoms with Gasteiger partial charge in [-0.15, -0.1) is 0 Å². The number of nitrogens with one attached hydrogen (secondary N) is 1. The van der Waals surface area contributed by atoms with E-state index < -0.39 is 16.1 Å². The number of rotatable bonds is 7. The summed E-state index contributed by atoms with van der Waals surface area (Å²) in [6.07, 6.45) is 1.48. The van der Waals surface area contributed by atoms with Crippen molar-refractivity contribution in [2.75, 3.05) is 32.1 Å². The molecule has 3 rings (SSSR count). The van der Waals surface area contributed by atoms with Crippen molar-refractivity contribution in [2.45, 2.75) is 49.8 Å². The minimum atomic E-state index is -3.73. The Kier molecular flexibility index (Phi) is 6.29. The highest BCUT2D eigenvalue weighted by molar-refractivity contribution is 7.89. The molecule has 1 heterocycles. The molecule has 0 aromatic heterocycles. The molecule has 154 valence electrons. The fourth-order valence-electron chi connectivity index (χ4n) is 4.09. The van der Waals surface area contributed by atoms with Crippen molar-refractivity contribution >= 4 is 26.5 Å². The standard InChI is InChI=1S/C21H31N3O3S/c1-15-11-12-16(2)24(15)14-17(25)13-22-28(26,27)21-10-6-7-18-19(21)8-5-9-20(18)23(3)4/h5-10,15-17,22,25H,11-14H2,1-4H3/t15?,16?,17-/m0/s1. The third-order valence-corrected chi connectivity index (χ3v) is 7.18. The SMILES string of the molecule is CC1CCC(C)N1C[C@@H](O)CNS(=O)(=O)c1cccc2c(N(C)C)cccc12. The number of benzene rings is 2. The molecule has 2 aromatic carbocycles. The first-order valence-electron chi connectivity index (χ1n) is 9.83. The van der Waals surface area contributed by atoms with E-state index in [1.807, 2.05) is 43.3 Å². The van der Waals surface area contributed by atoms with Crippen molar-refractivity contribution in [2.24, 2.45) is 0 Å². The Balaban J connectivity index is 1.77. The molecule has 0 aliphatic carbocycles. The van der Waals surface area contributed by atoms with E-state index in [1.165, 1.54) is 0 Å². The van der Waals surface area contributed by atoms with E-state index in [4.69, 9.17) is 0 Å². The smallest absolute Gasteiger partial charge is 0.241 e. The summed E-state index contributed by atoms with van der Waals surface area (Å²) in [6, 6.07) is 11.8. The van der Waals surface area contributed by atoms with Crippen LogP contribution in [0.15, 0.2) is 41.3 Å². The van der Waals surface area contributed by atoms with Crippen LogP contribution in [-0.4, -0.2) is 63.8 Å². The molecule has 0 saturated carbocycles. The van der Waals surface area contributed by atoms with E-state index in [-0.39, 0.29) is 11.4 Å². The van der Waals surface area contributed by atoms with Gasteiger partial charge >= 0.3 is 0 Å². The second kappa shape index (κ2) is 8.37. The molecule has 0 radical (unpaired) electrons. The van der Waals surface area contributed by atoms with Gasteiger partial charge < -0.3 is 10.0 Å². The Bertz CT molecular complexity index is 920. The maximum atomic E-state index is 12.9. The van der Waals surface area contributed by atoms with E-state index in [1.54, 1.807) is 12.1 Å². The second-order valence-corrected chi connectivity index (χ2v) is 9.74. The molecule has 1 fully saturated rings. The highest BCUT2D eigenvalue weighted by atomic mass is 32.2. The van der Waals surface area contributed by atoms with E-state index in [0.29, 0.717) is 24.0 Å². The predicted molar refractivity (Wildman–Crippen MR) is 114 cm³/mol. The monoisotopic (exact) mass is 405 g/mol. The highest BCUT2D eigenvalue weighted by Crippen LogP contribution is 2.30. The molecule has 6 nitrogen and oxygen atoms in total. The van der Waals surface area contributed by atoms with Crippen molar-refractivity contribution in [3.05, 3.63) is 36.4 Å². The number of hydrogen-bond acceptors (Lipinski definition) is 5. The fourth-order valence-corrected chi connectivity index (χ4v) is 5.38. The molecular formula is C21H31N3O3S. The number of hydrogen-bond donors (Lipinski definition) is 2. The van der Waals surface area contributed by atoms with E-state index in [2.05, 4.69) is 23.5 Å². The lowest BCUT2D eigenvalue weighted by atomic mass is 10.1. The first kappa shape index (κ1) is 21.0. The van der Waals surface area contributed by atoms with Crippen LogP contribution in [0.5, 0.6) is 0 Å². The molecule has 28 heavy (non-hydrogen) atoms. The predicted octanol–water partition coefficient (Wildman–Crippen LogP) is 2.42. The number of β-amino-alcohol motifs (C(OH)–C–C–N with tert-alkyl or cyclic N) is 1. The van der Waals surface area contributed by atoms with Crippen molar-refractivity contribution in [1.29, 1.82) is 0 Å². The summed E-state index contributed by atoms with van der Waals surface area (Å²) in [6.45, 7) is 4.78. The lowest BCUT2D eigenvalue weighted by Crippen LogP contribution is -2.43. The minimum Gasteiger partial charge on any atom is -0.390 e. The summed E-state index contributed by atoms with van der Waals surface area (Å²) >= 11 is 0. The molecule has 0 bridgehead atoms. The van der Waals surface area contributed by atoms with Crippen LogP contribution >= 0.6 is 0 Å². The van der Waals surface area contributed by atoms with Crippen molar-refractivity contribution in [3.63, 3.8) is 0 Å². The van der Waals surface area contributed by atoms with Gasteiger partial charge in [-0.25, -0.2) is 13.1 Å². The Hall–Kier alpha value is -1.67. The Morgan fingerprint density at radius 2 is 1.71 bits per heavy atom. The first-order chi connectivity index (χ1) is 13.2. The quantitative estimate of drug-likeness (QED) is 0.740. The maximum Gasteiger partial charge on any atom is 0.241 e. The van der Waals surface area contributed by atoms with Crippen LogP contribution in [-0.2, 0) is 10.0 Å². The molecule has 1 aliphatic heterocycles. The molecule has 0 spiro atoms. The van der Waals surface area contributed by atoms with E-state index in [0.717, 1.165) is 23.9 Å². The van der Waals surface area contributed by atoms with Crippen LogP contribution in [0, 0.1) is 0 Å². The second-order valence-electron chi connectivity index (χ2n) is 8.00. The fraction of sp³-hybridized carbons (Fsp3) is 0.524. The molecule has 1 saturated heterocycles. The Labute approximate surface area is 168 Å². The molecule has 2 unspecified atom stereocenters. The van der Waals surface area contributed by atoms with Gasteiger partial charge in [-0.2, -0.15) is 0 Å². The summed E-state index contributed by atoms with van der Waals surface area (Å²) in [7, 11) is 0.139. The Morgan fingerprint density at radius 1 is 1.11 bits per heavy atom. The molecular weight excluding hydrogens is 374 g/mol. The summed E-state index contributed by atoms with van der Waals surface area (Å²) in [5.41, 5.74) is 0.964. The summed E-state index contributed by atoms with van der Waals surface area (Å²) < 4.78 is 28.5. The molecule has 7 heteroatoms. The molecule has 2 aromatic rings. The average molecular weight is 406 g/mol. The van der Waals surface area contributed by atoms with Crippen LogP contribution in [0.25, 0.3) is 10.8 Å². The maximum absolute atomic E-state index is 12.9. The Morgan fingerprint density at radius 3 is 2.36 bits per heavy atom. The van der Waals surface area contributed by atoms with Gasteiger partial charge in [0.2, 0.25) is 10.0 Å². The number of aliphatic hydroxyl groups excluding tert-OH is 1. The molecule has 2 N–H and O–H groups in total. The third kappa shape index (κ3) is 4.33. The zero-order valence-electron chi connectivity index (χ0n) is 17.1. The van der Waals surface area contributed by atoms with E-state index >= 15 is 0 Å². The summed E-state index contributed by atoms with van der Waals surface area (Å²) in [5.74, 6) is 0. The number of nitrogens with zero attached hydrogens (tertiary/aromatic N) is 2. The van der Waals surface area contributed by atoms with Gasteiger partial charge in [0, 0.05) is 55.7 Å². The lowest BCUT2D eigenvalue weighted by molar-refractivity contribution is 0.0941. The lowest BCUT2D eigenvalue weighted by Gasteiger charge is -2.28. The topological polar surface area (TPSA) is 72.9 Å². The number of aliphatic hydroxyl groups is 1. The van der Waals surface area contributed by atoms with Gasteiger partial charge in [0.05, 0.1) is 11.0 Å². The number of sulfonamides is 1. The molecule has 3 atom stereocenters.